The van der Waals surface area contributed by atoms with Crippen molar-refractivity contribution in [2.24, 2.45) is 5.73 Å². The number of esters is 1. The molecule has 0 aliphatic carbocycles. The van der Waals surface area contributed by atoms with E-state index in [1.54, 1.807) is 37.3 Å². The Hall–Kier alpha value is -3.68. The smallest absolute Gasteiger partial charge is 0.375 e. The van der Waals surface area contributed by atoms with Crippen LogP contribution in [0.5, 0.6) is 0 Å². The molecule has 0 fully saturated rings. The number of furan rings is 1. The van der Waals surface area contributed by atoms with E-state index in [0.717, 1.165) is 0 Å². The number of amides is 3. The van der Waals surface area contributed by atoms with Crippen molar-refractivity contribution in [2.75, 3.05) is 0 Å². The van der Waals surface area contributed by atoms with Gasteiger partial charge in [0.25, 0.3) is 5.91 Å². The number of fused-ring (bicyclic) bond motifs is 1. The second-order valence-electron chi connectivity index (χ2n) is 5.75. The van der Waals surface area contributed by atoms with Crippen LogP contribution in [0.25, 0.3) is 11.0 Å². The molecule has 27 heavy (non-hydrogen) atoms. The lowest BCUT2D eigenvalue weighted by Gasteiger charge is -2.16. The fourth-order valence-corrected chi connectivity index (χ4v) is 2.64. The van der Waals surface area contributed by atoms with E-state index in [9.17, 15) is 18.8 Å². The molecule has 0 spiro atoms. The van der Waals surface area contributed by atoms with Gasteiger partial charge >= 0.3 is 12.0 Å². The molecule has 3 rings (SSSR count). The SMILES string of the molecule is Cc1c(C(=O)O[C@@H](C(=O)NC(N)=O)c2ccccc2)oc2ccc(F)cc12. The van der Waals surface area contributed by atoms with Gasteiger partial charge in [-0.05, 0) is 25.1 Å². The van der Waals surface area contributed by atoms with Crippen LogP contribution in [0.1, 0.15) is 27.8 Å². The molecule has 1 aromatic heterocycles. The third-order valence-corrected chi connectivity index (χ3v) is 3.90. The number of carbonyl (C=O) groups excluding carboxylic acids is 3. The number of imide groups is 1. The molecule has 0 radical (unpaired) electrons. The van der Waals surface area contributed by atoms with Crippen LogP contribution in [0, 0.1) is 12.7 Å². The molecule has 0 aliphatic heterocycles. The maximum atomic E-state index is 13.4. The van der Waals surface area contributed by atoms with Gasteiger partial charge in [0, 0.05) is 16.5 Å². The minimum absolute atomic E-state index is 0.164. The standard InChI is InChI=1S/C19H15FN2O5/c1-10-13-9-12(20)7-8-14(13)26-15(10)18(24)27-16(17(23)22-19(21)25)11-5-3-2-4-6-11/h2-9,16H,1H3,(H3,21,22,23,25)/t16-/m1/s1. The van der Waals surface area contributed by atoms with Crippen molar-refractivity contribution >= 4 is 28.9 Å². The second-order valence-corrected chi connectivity index (χ2v) is 5.75. The second kappa shape index (κ2) is 7.28. The number of halogens is 1. The van der Waals surface area contributed by atoms with Crippen LogP contribution < -0.4 is 11.1 Å². The number of nitrogens with one attached hydrogen (secondary N) is 1. The number of ether oxygens (including phenoxy) is 1. The largest absolute Gasteiger partial charge is 0.449 e. The van der Waals surface area contributed by atoms with E-state index < -0.39 is 29.8 Å². The number of primary amides is 1. The monoisotopic (exact) mass is 370 g/mol. The van der Waals surface area contributed by atoms with E-state index in [4.69, 9.17) is 14.9 Å². The number of rotatable bonds is 4. The molecule has 1 heterocycles. The van der Waals surface area contributed by atoms with Crippen molar-refractivity contribution in [3.63, 3.8) is 0 Å². The highest BCUT2D eigenvalue weighted by Crippen LogP contribution is 2.28. The maximum Gasteiger partial charge on any atom is 0.375 e. The Morgan fingerprint density at radius 2 is 1.85 bits per heavy atom. The number of benzene rings is 2. The van der Waals surface area contributed by atoms with E-state index in [1.807, 2.05) is 5.32 Å². The van der Waals surface area contributed by atoms with Gasteiger partial charge < -0.3 is 14.9 Å². The van der Waals surface area contributed by atoms with Gasteiger partial charge in [-0.15, -0.1) is 0 Å². The predicted molar refractivity (Wildman–Crippen MR) is 93.2 cm³/mol. The molecule has 0 unspecified atom stereocenters. The zero-order chi connectivity index (χ0) is 19.6. The van der Waals surface area contributed by atoms with E-state index >= 15 is 0 Å². The van der Waals surface area contributed by atoms with Crippen molar-refractivity contribution in [1.29, 1.82) is 0 Å². The molecule has 3 amide bonds. The minimum atomic E-state index is -1.42. The highest BCUT2D eigenvalue weighted by atomic mass is 19.1. The Balaban J connectivity index is 1.94. The third kappa shape index (κ3) is 3.79. The summed E-state index contributed by atoms with van der Waals surface area (Å²) in [4.78, 5) is 35.8. The summed E-state index contributed by atoms with van der Waals surface area (Å²) in [5.41, 5.74) is 5.99. The Labute approximate surface area is 152 Å². The van der Waals surface area contributed by atoms with Crippen LogP contribution >= 0.6 is 0 Å². The van der Waals surface area contributed by atoms with Gasteiger partial charge in [-0.2, -0.15) is 0 Å². The lowest BCUT2D eigenvalue weighted by molar-refractivity contribution is -0.129. The summed E-state index contributed by atoms with van der Waals surface area (Å²) in [7, 11) is 0. The first-order chi connectivity index (χ1) is 12.9. The van der Waals surface area contributed by atoms with E-state index in [1.165, 1.54) is 18.2 Å². The Morgan fingerprint density at radius 3 is 2.52 bits per heavy atom. The number of nitrogens with two attached hydrogens (primary N) is 1. The fraction of sp³-hybridized carbons (Fsp3) is 0.105. The average molecular weight is 370 g/mol. The summed E-state index contributed by atoms with van der Waals surface area (Å²) < 4.78 is 24.2. The molecule has 0 saturated carbocycles. The summed E-state index contributed by atoms with van der Waals surface area (Å²) in [5.74, 6) is -2.47. The summed E-state index contributed by atoms with van der Waals surface area (Å²) >= 11 is 0. The van der Waals surface area contributed by atoms with E-state index in [-0.39, 0.29) is 5.76 Å². The number of hydrogen-bond donors (Lipinski definition) is 2. The topological polar surface area (TPSA) is 112 Å². The van der Waals surface area contributed by atoms with E-state index in [0.29, 0.717) is 22.1 Å². The molecular formula is C19H15FN2O5. The number of aryl methyl sites for hydroxylation is 1. The van der Waals surface area contributed by atoms with Crippen molar-refractivity contribution in [2.45, 2.75) is 13.0 Å². The molecule has 3 aromatic rings. The van der Waals surface area contributed by atoms with Crippen molar-refractivity contribution < 1.29 is 27.9 Å². The first-order valence-electron chi connectivity index (χ1n) is 7.91. The fourth-order valence-electron chi connectivity index (χ4n) is 2.64. The molecule has 2 aromatic carbocycles. The van der Waals surface area contributed by atoms with Crippen LogP contribution in [-0.2, 0) is 9.53 Å². The number of urea groups is 1. The highest BCUT2D eigenvalue weighted by Gasteiger charge is 2.29. The molecule has 8 heteroatoms. The normalized spacial score (nSPS) is 11.8. The van der Waals surface area contributed by atoms with Gasteiger partial charge in [0.05, 0.1) is 0 Å². The van der Waals surface area contributed by atoms with Crippen LogP contribution in [0.4, 0.5) is 9.18 Å². The Morgan fingerprint density at radius 1 is 1.15 bits per heavy atom. The van der Waals surface area contributed by atoms with Crippen molar-refractivity contribution in [3.8, 4) is 0 Å². The van der Waals surface area contributed by atoms with Crippen LogP contribution in [0.15, 0.2) is 52.9 Å². The zero-order valence-corrected chi connectivity index (χ0v) is 14.2. The van der Waals surface area contributed by atoms with Gasteiger partial charge in [0.1, 0.15) is 11.4 Å². The maximum absolute atomic E-state index is 13.4. The summed E-state index contributed by atoms with van der Waals surface area (Å²) in [5, 5.41) is 2.31. The number of carbonyl (C=O) groups is 3. The third-order valence-electron chi connectivity index (χ3n) is 3.90. The average Bonchev–Trinajstić information content (AvgIpc) is 2.96. The van der Waals surface area contributed by atoms with Gasteiger partial charge in [-0.3, -0.25) is 10.1 Å². The van der Waals surface area contributed by atoms with Crippen LogP contribution in [-0.4, -0.2) is 17.9 Å². The van der Waals surface area contributed by atoms with Gasteiger partial charge in [0.15, 0.2) is 0 Å². The first kappa shape index (κ1) is 18.1. The van der Waals surface area contributed by atoms with Crippen molar-refractivity contribution in [3.05, 3.63) is 71.2 Å². The van der Waals surface area contributed by atoms with Crippen LogP contribution in [0.3, 0.4) is 0 Å². The molecule has 7 nitrogen and oxygen atoms in total. The molecule has 0 aliphatic rings. The Bertz CT molecular complexity index is 1030. The zero-order valence-electron chi connectivity index (χ0n) is 14.2. The molecule has 0 saturated heterocycles. The highest BCUT2D eigenvalue weighted by molar-refractivity contribution is 6.00. The molecule has 138 valence electrons. The lowest BCUT2D eigenvalue weighted by atomic mass is 10.1. The summed E-state index contributed by atoms with van der Waals surface area (Å²) in [6.07, 6.45) is -1.42. The van der Waals surface area contributed by atoms with Crippen molar-refractivity contribution in [1.82, 2.24) is 5.32 Å². The first-order valence-corrected chi connectivity index (χ1v) is 7.91. The molecule has 0 bridgehead atoms. The summed E-state index contributed by atoms with van der Waals surface area (Å²) in [6.45, 7) is 1.57. The van der Waals surface area contributed by atoms with E-state index in [2.05, 4.69) is 0 Å². The quantitative estimate of drug-likeness (QED) is 0.686. The van der Waals surface area contributed by atoms with Gasteiger partial charge in [0.2, 0.25) is 11.9 Å². The minimum Gasteiger partial charge on any atom is -0.449 e. The predicted octanol–water partition coefficient (Wildman–Crippen LogP) is 2.97. The number of hydrogen-bond acceptors (Lipinski definition) is 5. The Kier molecular flexibility index (Phi) is 4.89. The van der Waals surface area contributed by atoms with Gasteiger partial charge in [-0.25, -0.2) is 14.0 Å². The lowest BCUT2D eigenvalue weighted by Crippen LogP contribution is -2.39. The van der Waals surface area contributed by atoms with Gasteiger partial charge in [-0.1, -0.05) is 30.3 Å². The molecule has 3 N–H and O–H groups in total. The molecular weight excluding hydrogens is 355 g/mol. The molecule has 1 atom stereocenters. The van der Waals surface area contributed by atoms with Crippen LogP contribution in [0.2, 0.25) is 0 Å². The summed E-state index contributed by atoms with van der Waals surface area (Å²) in [6, 6.07) is 10.9.